The normalized spacial score (nSPS) is 12.5. The van der Waals surface area contributed by atoms with Crippen molar-refractivity contribution in [3.05, 3.63) is 22.6 Å². The van der Waals surface area contributed by atoms with E-state index in [1.807, 2.05) is 0 Å². The number of rotatable bonds is 3. The molecular weight excluding hydrogens is 238 g/mol. The van der Waals surface area contributed by atoms with Crippen LogP contribution in [0.4, 0.5) is 0 Å². The predicted molar refractivity (Wildman–Crippen MR) is 50.4 cm³/mol. The molecular formula is C8H10BrNO3. The maximum Gasteiger partial charge on any atom is 0.287 e. The molecule has 1 heterocycles. The van der Waals surface area contributed by atoms with Gasteiger partial charge in [0, 0.05) is 6.54 Å². The summed E-state index contributed by atoms with van der Waals surface area (Å²) in [5, 5.41) is 11.4. The lowest BCUT2D eigenvalue weighted by Gasteiger charge is -2.04. The van der Waals surface area contributed by atoms with Crippen LogP contribution in [0.15, 0.2) is 21.2 Å². The monoisotopic (exact) mass is 247 g/mol. The highest BCUT2D eigenvalue weighted by Crippen LogP contribution is 2.13. The molecule has 72 valence electrons. The zero-order valence-electron chi connectivity index (χ0n) is 7.08. The number of halogens is 1. The van der Waals surface area contributed by atoms with E-state index in [9.17, 15) is 4.79 Å². The Labute approximate surface area is 84.1 Å². The fourth-order valence-electron chi connectivity index (χ4n) is 0.764. The largest absolute Gasteiger partial charge is 0.444 e. The van der Waals surface area contributed by atoms with Gasteiger partial charge in [-0.3, -0.25) is 4.79 Å². The lowest BCUT2D eigenvalue weighted by molar-refractivity contribution is 0.0895. The van der Waals surface area contributed by atoms with Crippen LogP contribution >= 0.6 is 15.9 Å². The van der Waals surface area contributed by atoms with E-state index in [2.05, 4.69) is 21.2 Å². The highest BCUT2D eigenvalue weighted by Gasteiger charge is 2.09. The van der Waals surface area contributed by atoms with E-state index in [0.717, 1.165) is 0 Å². The summed E-state index contributed by atoms with van der Waals surface area (Å²) in [6.45, 7) is 1.81. The van der Waals surface area contributed by atoms with Gasteiger partial charge in [0.05, 0.1) is 6.10 Å². The van der Waals surface area contributed by atoms with Crippen molar-refractivity contribution < 1.29 is 14.3 Å². The molecule has 1 aromatic heterocycles. The minimum Gasteiger partial charge on any atom is -0.444 e. The van der Waals surface area contributed by atoms with Gasteiger partial charge in [0.25, 0.3) is 5.91 Å². The third-order valence-electron chi connectivity index (χ3n) is 1.36. The van der Waals surface area contributed by atoms with Crippen molar-refractivity contribution in [3.63, 3.8) is 0 Å². The van der Waals surface area contributed by atoms with Crippen LogP contribution in [0.3, 0.4) is 0 Å². The van der Waals surface area contributed by atoms with Gasteiger partial charge in [-0.05, 0) is 35.0 Å². The van der Waals surface area contributed by atoms with Crippen LogP contribution in [0.2, 0.25) is 0 Å². The third-order valence-corrected chi connectivity index (χ3v) is 1.78. The molecule has 0 aliphatic heterocycles. The van der Waals surface area contributed by atoms with E-state index in [1.165, 1.54) is 0 Å². The van der Waals surface area contributed by atoms with Crippen LogP contribution in [0.25, 0.3) is 0 Å². The average molecular weight is 248 g/mol. The minimum absolute atomic E-state index is 0.219. The molecule has 1 amide bonds. The molecule has 1 aromatic rings. The van der Waals surface area contributed by atoms with Gasteiger partial charge in [-0.15, -0.1) is 0 Å². The quantitative estimate of drug-likeness (QED) is 0.843. The Morgan fingerprint density at radius 3 is 2.92 bits per heavy atom. The van der Waals surface area contributed by atoms with Crippen molar-refractivity contribution in [1.29, 1.82) is 0 Å². The Balaban J connectivity index is 2.49. The minimum atomic E-state index is -0.553. The Hall–Kier alpha value is -0.810. The smallest absolute Gasteiger partial charge is 0.287 e. The molecule has 0 saturated heterocycles. The summed E-state index contributed by atoms with van der Waals surface area (Å²) in [6.07, 6.45) is -0.553. The zero-order valence-corrected chi connectivity index (χ0v) is 8.67. The first kappa shape index (κ1) is 10.3. The number of aliphatic hydroxyl groups is 1. The number of amides is 1. The van der Waals surface area contributed by atoms with Crippen LogP contribution in [0, 0.1) is 0 Å². The molecule has 0 unspecified atom stereocenters. The lowest BCUT2D eigenvalue weighted by atomic mass is 10.4. The van der Waals surface area contributed by atoms with Gasteiger partial charge < -0.3 is 14.8 Å². The van der Waals surface area contributed by atoms with Crippen molar-refractivity contribution >= 4 is 21.8 Å². The molecule has 0 radical (unpaired) electrons. The molecule has 0 bridgehead atoms. The first-order valence-electron chi connectivity index (χ1n) is 3.81. The summed E-state index contributed by atoms with van der Waals surface area (Å²) < 4.78 is 5.51. The topological polar surface area (TPSA) is 62.5 Å². The molecule has 1 atom stereocenters. The molecule has 0 aliphatic carbocycles. The van der Waals surface area contributed by atoms with Crippen molar-refractivity contribution in [2.75, 3.05) is 6.54 Å². The van der Waals surface area contributed by atoms with Crippen molar-refractivity contribution in [1.82, 2.24) is 5.32 Å². The Morgan fingerprint density at radius 1 is 1.77 bits per heavy atom. The Kier molecular flexibility index (Phi) is 3.50. The number of nitrogens with one attached hydrogen (secondary N) is 1. The molecule has 13 heavy (non-hydrogen) atoms. The number of aliphatic hydroxyl groups excluding tert-OH is 1. The zero-order chi connectivity index (χ0) is 9.84. The summed E-state index contributed by atoms with van der Waals surface area (Å²) >= 11 is 3.08. The highest BCUT2D eigenvalue weighted by atomic mass is 79.9. The second-order valence-corrected chi connectivity index (χ2v) is 3.44. The van der Waals surface area contributed by atoms with Crippen LogP contribution in [-0.2, 0) is 0 Å². The molecule has 0 fully saturated rings. The molecule has 4 nitrogen and oxygen atoms in total. The Bertz CT molecular complexity index is 295. The van der Waals surface area contributed by atoms with Crippen LogP contribution in [0.1, 0.15) is 17.5 Å². The van der Waals surface area contributed by atoms with E-state index in [4.69, 9.17) is 9.52 Å². The molecule has 1 rings (SSSR count). The number of hydrogen-bond acceptors (Lipinski definition) is 3. The third kappa shape index (κ3) is 3.20. The molecule has 5 heteroatoms. The SMILES string of the molecule is C[C@@H](O)CNC(=O)c1ccc(Br)o1. The number of carbonyl (C=O) groups is 1. The van der Waals surface area contributed by atoms with Crippen LogP contribution in [0.5, 0.6) is 0 Å². The van der Waals surface area contributed by atoms with Gasteiger partial charge in [-0.25, -0.2) is 0 Å². The fraction of sp³-hybridized carbons (Fsp3) is 0.375. The summed E-state index contributed by atoms with van der Waals surface area (Å²) in [5.74, 6) is -0.0980. The summed E-state index contributed by atoms with van der Waals surface area (Å²) in [5.41, 5.74) is 0. The fourth-order valence-corrected chi connectivity index (χ4v) is 1.07. The maximum atomic E-state index is 11.2. The van der Waals surface area contributed by atoms with Crippen LogP contribution < -0.4 is 5.32 Å². The van der Waals surface area contributed by atoms with E-state index in [-0.39, 0.29) is 18.2 Å². The number of carbonyl (C=O) groups excluding carboxylic acids is 1. The van der Waals surface area contributed by atoms with Gasteiger partial charge >= 0.3 is 0 Å². The van der Waals surface area contributed by atoms with Gasteiger partial charge in [-0.2, -0.15) is 0 Å². The summed E-state index contributed by atoms with van der Waals surface area (Å²) in [7, 11) is 0. The first-order chi connectivity index (χ1) is 6.09. The van der Waals surface area contributed by atoms with Crippen molar-refractivity contribution in [2.45, 2.75) is 13.0 Å². The van der Waals surface area contributed by atoms with E-state index in [0.29, 0.717) is 4.67 Å². The van der Waals surface area contributed by atoms with Gasteiger partial charge in [0.1, 0.15) is 0 Å². The standard InChI is InChI=1S/C8H10BrNO3/c1-5(11)4-10-8(12)6-2-3-7(9)13-6/h2-3,5,11H,4H2,1H3,(H,10,12)/t5-/m1/s1. The van der Waals surface area contributed by atoms with Crippen molar-refractivity contribution in [2.24, 2.45) is 0 Å². The molecule has 0 saturated carbocycles. The number of furan rings is 1. The van der Waals surface area contributed by atoms with E-state index < -0.39 is 6.10 Å². The average Bonchev–Trinajstić information content (AvgIpc) is 2.47. The second-order valence-electron chi connectivity index (χ2n) is 2.66. The first-order valence-corrected chi connectivity index (χ1v) is 4.60. The molecule has 0 aromatic carbocycles. The highest BCUT2D eigenvalue weighted by molar-refractivity contribution is 9.10. The second kappa shape index (κ2) is 4.43. The molecule has 0 spiro atoms. The maximum absolute atomic E-state index is 11.2. The van der Waals surface area contributed by atoms with E-state index >= 15 is 0 Å². The lowest BCUT2D eigenvalue weighted by Crippen LogP contribution is -2.30. The molecule has 2 N–H and O–H groups in total. The summed E-state index contributed by atoms with van der Waals surface area (Å²) in [6, 6.07) is 3.19. The van der Waals surface area contributed by atoms with Crippen molar-refractivity contribution in [3.8, 4) is 0 Å². The van der Waals surface area contributed by atoms with E-state index in [1.54, 1.807) is 19.1 Å². The van der Waals surface area contributed by atoms with Crippen LogP contribution in [-0.4, -0.2) is 23.7 Å². The van der Waals surface area contributed by atoms with Gasteiger partial charge in [0.2, 0.25) is 0 Å². The van der Waals surface area contributed by atoms with Gasteiger partial charge in [-0.1, -0.05) is 0 Å². The predicted octanol–water partition coefficient (Wildman–Crippen LogP) is 1.15. The Morgan fingerprint density at radius 2 is 2.46 bits per heavy atom. The molecule has 0 aliphatic rings. The summed E-state index contributed by atoms with van der Waals surface area (Å²) in [4.78, 5) is 11.2. The number of hydrogen-bond donors (Lipinski definition) is 2. The van der Waals surface area contributed by atoms with Gasteiger partial charge in [0.15, 0.2) is 10.4 Å².